The Labute approximate surface area is 257 Å². The molecule has 0 atom stereocenters. The second-order valence-corrected chi connectivity index (χ2v) is 10.2. The Balaban J connectivity index is 1.14. The molecule has 44 heavy (non-hydrogen) atoms. The van der Waals surface area contributed by atoms with E-state index in [1.54, 1.807) is 0 Å². The van der Waals surface area contributed by atoms with E-state index in [4.69, 9.17) is 10.2 Å². The summed E-state index contributed by atoms with van der Waals surface area (Å²) in [5, 5.41) is 41.7. The summed E-state index contributed by atoms with van der Waals surface area (Å²) in [6.45, 7) is 1.82. The SMILES string of the molecule is OCCCNc1ccc(N=Nc2ccc(-c3ccc(-c4ccc(N=Nc5ccc(NCCCO)cc5)cc4)cc3)cc2)cc1. The molecule has 0 radical (unpaired) electrons. The van der Waals surface area contributed by atoms with E-state index in [1.807, 2.05) is 72.8 Å². The topological polar surface area (TPSA) is 114 Å². The molecule has 0 saturated heterocycles. The van der Waals surface area contributed by atoms with Gasteiger partial charge in [0, 0.05) is 37.7 Å². The minimum absolute atomic E-state index is 0.178. The van der Waals surface area contributed by atoms with Crippen molar-refractivity contribution in [2.45, 2.75) is 12.8 Å². The summed E-state index contributed by atoms with van der Waals surface area (Å²) in [5.74, 6) is 0. The van der Waals surface area contributed by atoms with E-state index in [1.165, 1.54) is 0 Å². The van der Waals surface area contributed by atoms with Crippen LogP contribution < -0.4 is 10.6 Å². The number of hydrogen-bond donors (Lipinski definition) is 4. The largest absolute Gasteiger partial charge is 0.396 e. The summed E-state index contributed by atoms with van der Waals surface area (Å²) in [7, 11) is 0. The Morgan fingerprint density at radius 2 is 0.614 bits per heavy atom. The third-order valence-electron chi connectivity index (χ3n) is 6.91. The van der Waals surface area contributed by atoms with Crippen LogP contribution in [-0.2, 0) is 0 Å². The van der Waals surface area contributed by atoms with Gasteiger partial charge in [0.1, 0.15) is 0 Å². The van der Waals surface area contributed by atoms with Gasteiger partial charge in [-0.3, -0.25) is 0 Å². The predicted octanol–water partition coefficient (Wildman–Crippen LogP) is 9.44. The Hall–Kier alpha value is -5.18. The second kappa shape index (κ2) is 15.9. The first-order valence-corrected chi connectivity index (χ1v) is 14.7. The number of azo groups is 2. The van der Waals surface area contributed by atoms with Gasteiger partial charge in [0.15, 0.2) is 0 Å². The van der Waals surface area contributed by atoms with Gasteiger partial charge in [0.05, 0.1) is 22.7 Å². The zero-order valence-corrected chi connectivity index (χ0v) is 24.5. The summed E-state index contributed by atoms with van der Waals surface area (Å²) in [6, 6.07) is 40.1. The van der Waals surface area contributed by atoms with Gasteiger partial charge in [-0.2, -0.15) is 20.5 Å². The maximum atomic E-state index is 8.90. The molecule has 0 bridgehead atoms. The lowest BCUT2D eigenvalue weighted by Crippen LogP contribution is -2.02. The van der Waals surface area contributed by atoms with Crippen molar-refractivity contribution in [2.75, 3.05) is 36.9 Å². The molecule has 0 aromatic heterocycles. The van der Waals surface area contributed by atoms with Crippen molar-refractivity contribution in [3.63, 3.8) is 0 Å². The van der Waals surface area contributed by atoms with Gasteiger partial charge in [0.25, 0.3) is 0 Å². The van der Waals surface area contributed by atoms with Crippen LogP contribution in [0.25, 0.3) is 22.3 Å². The van der Waals surface area contributed by atoms with Gasteiger partial charge < -0.3 is 20.8 Å². The lowest BCUT2D eigenvalue weighted by atomic mass is 10.00. The van der Waals surface area contributed by atoms with Crippen LogP contribution in [0.4, 0.5) is 34.1 Å². The number of aliphatic hydroxyl groups excluding tert-OH is 2. The molecule has 5 aromatic carbocycles. The molecule has 5 rings (SSSR count). The van der Waals surface area contributed by atoms with Crippen LogP contribution in [0.1, 0.15) is 12.8 Å². The zero-order chi connectivity index (χ0) is 30.4. The van der Waals surface area contributed by atoms with E-state index >= 15 is 0 Å². The third kappa shape index (κ3) is 8.91. The summed E-state index contributed by atoms with van der Waals surface area (Å²) < 4.78 is 0. The van der Waals surface area contributed by atoms with Crippen molar-refractivity contribution in [3.8, 4) is 22.3 Å². The van der Waals surface area contributed by atoms with Crippen molar-refractivity contribution >= 4 is 34.1 Å². The number of nitrogens with zero attached hydrogens (tertiary/aromatic N) is 4. The van der Waals surface area contributed by atoms with Gasteiger partial charge in [-0.15, -0.1) is 0 Å². The van der Waals surface area contributed by atoms with E-state index in [-0.39, 0.29) is 13.2 Å². The normalized spacial score (nSPS) is 11.3. The van der Waals surface area contributed by atoms with Crippen LogP contribution in [-0.4, -0.2) is 36.5 Å². The molecule has 0 aliphatic rings. The molecule has 8 heteroatoms. The van der Waals surface area contributed by atoms with Gasteiger partial charge in [-0.05, 0) is 108 Å². The van der Waals surface area contributed by atoms with E-state index in [9.17, 15) is 0 Å². The maximum Gasteiger partial charge on any atom is 0.0858 e. The molecule has 5 aromatic rings. The van der Waals surface area contributed by atoms with Crippen molar-refractivity contribution in [1.29, 1.82) is 0 Å². The third-order valence-corrected chi connectivity index (χ3v) is 6.91. The van der Waals surface area contributed by atoms with Gasteiger partial charge in [0.2, 0.25) is 0 Å². The second-order valence-electron chi connectivity index (χ2n) is 10.2. The molecule has 0 saturated carbocycles. The number of rotatable bonds is 14. The van der Waals surface area contributed by atoms with E-state index in [2.05, 4.69) is 79.6 Å². The molecule has 0 amide bonds. The van der Waals surface area contributed by atoms with Crippen molar-refractivity contribution < 1.29 is 10.2 Å². The minimum Gasteiger partial charge on any atom is -0.396 e. The average molecular weight is 585 g/mol. The molecule has 0 fully saturated rings. The van der Waals surface area contributed by atoms with Crippen LogP contribution in [0, 0.1) is 0 Å². The molecular formula is C36H36N6O2. The highest BCUT2D eigenvalue weighted by Crippen LogP contribution is 2.29. The van der Waals surface area contributed by atoms with E-state index in [0.717, 1.165) is 69.5 Å². The maximum absolute atomic E-state index is 8.90. The number of hydrogen-bond acceptors (Lipinski definition) is 8. The highest BCUT2D eigenvalue weighted by molar-refractivity contribution is 5.72. The quantitative estimate of drug-likeness (QED) is 0.0769. The van der Waals surface area contributed by atoms with E-state index in [0.29, 0.717) is 12.8 Å². The molecular weight excluding hydrogens is 548 g/mol. The molecule has 0 aliphatic carbocycles. The summed E-state index contributed by atoms with van der Waals surface area (Å²) in [4.78, 5) is 0. The molecule has 0 unspecified atom stereocenters. The number of anilines is 2. The van der Waals surface area contributed by atoms with Crippen LogP contribution >= 0.6 is 0 Å². The summed E-state index contributed by atoms with van der Waals surface area (Å²) in [6.07, 6.45) is 1.43. The van der Waals surface area contributed by atoms with Crippen molar-refractivity contribution in [3.05, 3.63) is 121 Å². The average Bonchev–Trinajstić information content (AvgIpc) is 3.08. The summed E-state index contributed by atoms with van der Waals surface area (Å²) >= 11 is 0. The van der Waals surface area contributed by atoms with Crippen molar-refractivity contribution in [1.82, 2.24) is 0 Å². The van der Waals surface area contributed by atoms with Crippen molar-refractivity contribution in [2.24, 2.45) is 20.5 Å². The smallest absolute Gasteiger partial charge is 0.0858 e. The van der Waals surface area contributed by atoms with Gasteiger partial charge in [-0.25, -0.2) is 0 Å². The number of nitrogens with one attached hydrogen (secondary N) is 2. The van der Waals surface area contributed by atoms with Crippen LogP contribution in [0.15, 0.2) is 142 Å². The Morgan fingerprint density at radius 1 is 0.364 bits per heavy atom. The van der Waals surface area contributed by atoms with Crippen LogP contribution in [0.3, 0.4) is 0 Å². The van der Waals surface area contributed by atoms with Crippen LogP contribution in [0.2, 0.25) is 0 Å². The molecule has 0 aliphatic heterocycles. The van der Waals surface area contributed by atoms with E-state index < -0.39 is 0 Å². The molecule has 4 N–H and O–H groups in total. The Bertz CT molecular complexity index is 1510. The summed E-state index contributed by atoms with van der Waals surface area (Å²) in [5.41, 5.74) is 9.60. The standard InChI is InChI=1S/C36H36N6O2/c43-25-1-23-37-31-15-19-35(20-16-31)41-39-33-11-7-29(8-12-33)27-3-5-28(6-4-27)30-9-13-34(14-10-30)40-42-36-21-17-32(18-22-36)38-24-2-26-44/h3-22,37-38,43-44H,1-2,23-26H2. The molecule has 222 valence electrons. The molecule has 0 spiro atoms. The van der Waals surface area contributed by atoms with Crippen LogP contribution in [0.5, 0.6) is 0 Å². The lowest BCUT2D eigenvalue weighted by Gasteiger charge is -2.06. The van der Waals surface area contributed by atoms with Gasteiger partial charge >= 0.3 is 0 Å². The minimum atomic E-state index is 0.178. The highest BCUT2D eigenvalue weighted by Gasteiger charge is 2.02. The zero-order valence-electron chi connectivity index (χ0n) is 24.5. The lowest BCUT2D eigenvalue weighted by molar-refractivity contribution is 0.292. The molecule has 8 nitrogen and oxygen atoms in total. The fourth-order valence-electron chi connectivity index (χ4n) is 4.44. The van der Waals surface area contributed by atoms with Gasteiger partial charge in [-0.1, -0.05) is 48.5 Å². The fourth-order valence-corrected chi connectivity index (χ4v) is 4.44. The Kier molecular flexibility index (Phi) is 10.9. The number of benzene rings is 5. The number of aliphatic hydroxyl groups is 2. The Morgan fingerprint density at radius 3 is 0.886 bits per heavy atom. The molecule has 0 heterocycles. The fraction of sp³-hybridized carbons (Fsp3) is 0.167. The highest BCUT2D eigenvalue weighted by atomic mass is 16.3. The first kappa shape index (κ1) is 30.3. The first-order chi connectivity index (χ1) is 21.7. The predicted molar refractivity (Wildman–Crippen MR) is 179 cm³/mol. The monoisotopic (exact) mass is 584 g/mol. The first-order valence-electron chi connectivity index (χ1n) is 14.7.